The van der Waals surface area contributed by atoms with Gasteiger partial charge in [-0.05, 0) is 66.7 Å². The normalized spacial score (nSPS) is 16.7. The van der Waals surface area contributed by atoms with Crippen molar-refractivity contribution < 1.29 is 19.4 Å². The molecule has 0 aromatic heterocycles. The third kappa shape index (κ3) is 5.07. The highest BCUT2D eigenvalue weighted by molar-refractivity contribution is 9.10. The number of carbonyl (C=O) groups excluding carboxylic acids is 1. The summed E-state index contributed by atoms with van der Waals surface area (Å²) in [6.07, 6.45) is 2.69. The van der Waals surface area contributed by atoms with Crippen LogP contribution in [0.2, 0.25) is 0 Å². The first-order chi connectivity index (χ1) is 13.9. The first-order valence-corrected chi connectivity index (χ1v) is 10.5. The number of carboxylic acid groups (broad SMARTS) is 1. The molecule has 0 unspecified atom stereocenters. The van der Waals surface area contributed by atoms with Gasteiger partial charge in [0.1, 0.15) is 5.75 Å². The molecule has 1 heterocycles. The molecule has 1 fully saturated rings. The molecular weight excluding hydrogens is 456 g/mol. The van der Waals surface area contributed by atoms with Gasteiger partial charge in [-0.1, -0.05) is 22.9 Å². The first kappa shape index (κ1) is 21.1. The maximum atomic E-state index is 12.7. The lowest BCUT2D eigenvalue weighted by Gasteiger charge is -2.09. The molecule has 0 aliphatic carbocycles. The van der Waals surface area contributed by atoms with E-state index in [1.807, 2.05) is 25.1 Å². The van der Waals surface area contributed by atoms with E-state index in [-0.39, 0.29) is 11.5 Å². The molecule has 0 radical (unpaired) electrons. The molecule has 8 heteroatoms. The molecule has 0 atom stereocenters. The van der Waals surface area contributed by atoms with E-state index in [0.717, 1.165) is 16.5 Å². The summed E-state index contributed by atoms with van der Waals surface area (Å²) in [4.78, 5) is 30.2. The second-order valence-electron chi connectivity index (χ2n) is 6.25. The van der Waals surface area contributed by atoms with Gasteiger partial charge in [0.15, 0.2) is 5.17 Å². The van der Waals surface area contributed by atoms with Gasteiger partial charge in [0.2, 0.25) is 0 Å². The van der Waals surface area contributed by atoms with Gasteiger partial charge in [-0.2, -0.15) is 0 Å². The summed E-state index contributed by atoms with van der Waals surface area (Å²) < 4.78 is 6.68. The Bertz CT molecular complexity index is 1000. The number of thioether (sulfide) groups is 1. The smallest absolute Gasteiger partial charge is 0.335 e. The Kier molecular flexibility index (Phi) is 6.76. The standard InChI is InChI=1S/C21H19BrN2O4S/c1-3-10-28-17-9-6-15(22)11-14(17)12-18-19(25)24(2)21(29-18)23-16-7-4-13(5-8-16)20(26)27/h4-9,11-12H,3,10H2,1-2H3,(H,26,27)/b18-12+,23-21?. The Morgan fingerprint density at radius 1 is 1.28 bits per heavy atom. The lowest BCUT2D eigenvalue weighted by Crippen LogP contribution is -2.23. The predicted octanol–water partition coefficient (Wildman–Crippen LogP) is 5.17. The summed E-state index contributed by atoms with van der Waals surface area (Å²) in [6, 6.07) is 11.9. The van der Waals surface area contributed by atoms with Crippen LogP contribution in [0.15, 0.2) is 56.8 Å². The Balaban J connectivity index is 1.88. The van der Waals surface area contributed by atoms with Gasteiger partial charge >= 0.3 is 5.97 Å². The number of amides is 1. The van der Waals surface area contributed by atoms with Crippen LogP contribution in [0.4, 0.5) is 5.69 Å². The number of rotatable bonds is 6. The van der Waals surface area contributed by atoms with E-state index in [2.05, 4.69) is 20.9 Å². The number of carboxylic acids is 1. The fourth-order valence-electron chi connectivity index (χ4n) is 2.56. The van der Waals surface area contributed by atoms with E-state index in [9.17, 15) is 9.59 Å². The predicted molar refractivity (Wildman–Crippen MR) is 119 cm³/mol. The van der Waals surface area contributed by atoms with Crippen LogP contribution in [0, 0.1) is 0 Å². The molecule has 2 aromatic carbocycles. The molecule has 1 N–H and O–H groups in total. The van der Waals surface area contributed by atoms with Gasteiger partial charge in [-0.3, -0.25) is 9.69 Å². The molecular formula is C21H19BrN2O4S. The first-order valence-electron chi connectivity index (χ1n) is 8.91. The van der Waals surface area contributed by atoms with Crippen molar-refractivity contribution in [1.82, 2.24) is 4.90 Å². The van der Waals surface area contributed by atoms with E-state index >= 15 is 0 Å². The van der Waals surface area contributed by atoms with Crippen molar-refractivity contribution in [2.24, 2.45) is 4.99 Å². The van der Waals surface area contributed by atoms with Gasteiger partial charge in [-0.15, -0.1) is 0 Å². The topological polar surface area (TPSA) is 79.2 Å². The van der Waals surface area contributed by atoms with Crippen molar-refractivity contribution in [2.45, 2.75) is 13.3 Å². The van der Waals surface area contributed by atoms with E-state index in [0.29, 0.717) is 28.1 Å². The Labute approximate surface area is 181 Å². The van der Waals surface area contributed by atoms with Gasteiger partial charge in [0, 0.05) is 17.1 Å². The third-order valence-corrected chi connectivity index (χ3v) is 5.62. The van der Waals surface area contributed by atoms with E-state index < -0.39 is 5.97 Å². The summed E-state index contributed by atoms with van der Waals surface area (Å²) in [7, 11) is 1.66. The van der Waals surface area contributed by atoms with E-state index in [4.69, 9.17) is 9.84 Å². The number of halogens is 1. The molecule has 0 saturated carbocycles. The summed E-state index contributed by atoms with van der Waals surface area (Å²) in [6.45, 7) is 2.63. The second-order valence-corrected chi connectivity index (χ2v) is 8.18. The number of aromatic carboxylic acids is 1. The number of benzene rings is 2. The number of nitrogens with zero attached hydrogens (tertiary/aromatic N) is 2. The molecule has 0 spiro atoms. The molecule has 1 amide bonds. The van der Waals surface area contributed by atoms with Gasteiger partial charge in [0.05, 0.1) is 22.8 Å². The van der Waals surface area contributed by atoms with Crippen LogP contribution in [-0.2, 0) is 4.79 Å². The van der Waals surface area contributed by atoms with Crippen LogP contribution < -0.4 is 4.74 Å². The zero-order chi connectivity index (χ0) is 21.0. The molecule has 1 aliphatic rings. The molecule has 1 aliphatic heterocycles. The van der Waals surface area contributed by atoms with Gasteiger partial charge in [-0.25, -0.2) is 9.79 Å². The van der Waals surface area contributed by atoms with Crippen LogP contribution in [0.3, 0.4) is 0 Å². The minimum atomic E-state index is -0.993. The number of hydrogen-bond donors (Lipinski definition) is 1. The number of hydrogen-bond acceptors (Lipinski definition) is 5. The highest BCUT2D eigenvalue weighted by atomic mass is 79.9. The van der Waals surface area contributed by atoms with E-state index in [1.165, 1.54) is 28.8 Å². The Hall–Kier alpha value is -2.58. The molecule has 29 heavy (non-hydrogen) atoms. The van der Waals surface area contributed by atoms with Crippen molar-refractivity contribution in [3.8, 4) is 5.75 Å². The SMILES string of the molecule is CCCOc1ccc(Br)cc1/C=C1/SC(=Nc2ccc(C(=O)O)cc2)N(C)C1=O. The van der Waals surface area contributed by atoms with Crippen LogP contribution in [0.5, 0.6) is 5.75 Å². The zero-order valence-corrected chi connectivity index (χ0v) is 18.3. The molecule has 0 bridgehead atoms. The lowest BCUT2D eigenvalue weighted by molar-refractivity contribution is -0.121. The quantitative estimate of drug-likeness (QED) is 0.584. The lowest BCUT2D eigenvalue weighted by atomic mass is 10.2. The van der Waals surface area contributed by atoms with Crippen molar-refractivity contribution in [2.75, 3.05) is 13.7 Å². The monoisotopic (exact) mass is 474 g/mol. The number of aliphatic imine (C=N–C) groups is 1. The van der Waals surface area contributed by atoms with Crippen LogP contribution in [0.25, 0.3) is 6.08 Å². The fourth-order valence-corrected chi connectivity index (χ4v) is 3.91. The summed E-state index contributed by atoms with van der Waals surface area (Å²) in [5, 5.41) is 9.52. The summed E-state index contributed by atoms with van der Waals surface area (Å²) in [5.74, 6) is -0.433. The van der Waals surface area contributed by atoms with Crippen LogP contribution in [-0.4, -0.2) is 40.7 Å². The number of likely N-dealkylation sites (N-methyl/N-ethyl adjacent to an activating group) is 1. The number of amidine groups is 1. The minimum Gasteiger partial charge on any atom is -0.493 e. The highest BCUT2D eigenvalue weighted by Gasteiger charge is 2.30. The Morgan fingerprint density at radius 2 is 2.00 bits per heavy atom. The van der Waals surface area contributed by atoms with Gasteiger partial charge in [0.25, 0.3) is 5.91 Å². The minimum absolute atomic E-state index is 0.155. The molecule has 150 valence electrons. The van der Waals surface area contributed by atoms with Crippen molar-refractivity contribution in [3.63, 3.8) is 0 Å². The molecule has 6 nitrogen and oxygen atoms in total. The number of carbonyl (C=O) groups is 2. The fraction of sp³-hybridized carbons (Fsp3) is 0.190. The number of ether oxygens (including phenoxy) is 1. The third-order valence-electron chi connectivity index (χ3n) is 4.06. The van der Waals surface area contributed by atoms with Crippen LogP contribution in [0.1, 0.15) is 29.3 Å². The zero-order valence-electron chi connectivity index (χ0n) is 15.9. The van der Waals surface area contributed by atoms with Crippen molar-refractivity contribution >= 4 is 56.5 Å². The Morgan fingerprint density at radius 3 is 2.66 bits per heavy atom. The van der Waals surface area contributed by atoms with Crippen LogP contribution >= 0.6 is 27.7 Å². The molecule has 2 aromatic rings. The van der Waals surface area contributed by atoms with Crippen molar-refractivity contribution in [3.05, 3.63) is 63.0 Å². The van der Waals surface area contributed by atoms with Gasteiger partial charge < -0.3 is 9.84 Å². The maximum Gasteiger partial charge on any atom is 0.335 e. The van der Waals surface area contributed by atoms with E-state index in [1.54, 1.807) is 25.3 Å². The second kappa shape index (κ2) is 9.28. The average molecular weight is 475 g/mol. The van der Waals surface area contributed by atoms with Crippen molar-refractivity contribution in [1.29, 1.82) is 0 Å². The largest absolute Gasteiger partial charge is 0.493 e. The molecule has 3 rings (SSSR count). The maximum absolute atomic E-state index is 12.7. The summed E-state index contributed by atoms with van der Waals surface area (Å²) in [5.41, 5.74) is 1.57. The highest BCUT2D eigenvalue weighted by Crippen LogP contribution is 2.35. The summed E-state index contributed by atoms with van der Waals surface area (Å²) >= 11 is 4.73. The average Bonchev–Trinajstić information content (AvgIpc) is 2.95. The molecule has 1 saturated heterocycles.